The van der Waals surface area contributed by atoms with Crippen LogP contribution >= 0.6 is 23.4 Å². The quantitative estimate of drug-likeness (QED) is 0.525. The predicted octanol–water partition coefficient (Wildman–Crippen LogP) is 4.70. The molecule has 0 aliphatic carbocycles. The Labute approximate surface area is 181 Å². The molecule has 3 aromatic rings. The number of amides is 1. The second kappa shape index (κ2) is 8.39. The van der Waals surface area contributed by atoms with Crippen molar-refractivity contribution in [3.05, 3.63) is 41.3 Å². The van der Waals surface area contributed by atoms with Crippen LogP contribution in [0.3, 0.4) is 0 Å². The fourth-order valence-corrected chi connectivity index (χ4v) is 4.89. The van der Waals surface area contributed by atoms with Gasteiger partial charge in [0.05, 0.1) is 11.2 Å². The van der Waals surface area contributed by atoms with E-state index < -0.39 is 6.61 Å². The number of halogens is 3. The fraction of sp³-hybridized carbons (Fsp3) is 0.350. The van der Waals surface area contributed by atoms with Gasteiger partial charge in [-0.2, -0.15) is 13.9 Å². The standard InChI is InChI=1S/C20H19ClF2N4O2S/c1-11-15-9-24-19(21)8-16(15)27(25-11)17-7-13(3-4-18(17)29-20(22)23)30-14-5-6-26(10-14)12(2)28/h3-4,7-9,14,20H,5-6,10H2,1-2H3. The summed E-state index contributed by atoms with van der Waals surface area (Å²) in [6.07, 6.45) is 2.48. The molecule has 1 aliphatic rings. The highest BCUT2D eigenvalue weighted by atomic mass is 35.5. The number of hydrogen-bond donors (Lipinski definition) is 0. The van der Waals surface area contributed by atoms with Crippen LogP contribution in [-0.2, 0) is 4.79 Å². The van der Waals surface area contributed by atoms with Crippen LogP contribution in [0.25, 0.3) is 16.6 Å². The molecular weight excluding hydrogens is 434 g/mol. The number of alkyl halides is 2. The molecule has 0 bridgehead atoms. The number of fused-ring (bicyclic) bond motifs is 1. The lowest BCUT2D eigenvalue weighted by atomic mass is 10.2. The number of rotatable bonds is 5. The summed E-state index contributed by atoms with van der Waals surface area (Å²) in [6, 6.07) is 6.69. The Morgan fingerprint density at radius 1 is 1.37 bits per heavy atom. The highest BCUT2D eigenvalue weighted by Gasteiger charge is 2.25. The molecule has 2 aromatic heterocycles. The van der Waals surface area contributed by atoms with Gasteiger partial charge in [0, 0.05) is 47.8 Å². The van der Waals surface area contributed by atoms with E-state index in [0.29, 0.717) is 23.4 Å². The van der Waals surface area contributed by atoms with Gasteiger partial charge in [0.15, 0.2) is 5.75 Å². The van der Waals surface area contributed by atoms with Gasteiger partial charge in [0.25, 0.3) is 0 Å². The molecule has 30 heavy (non-hydrogen) atoms. The van der Waals surface area contributed by atoms with E-state index in [0.717, 1.165) is 23.2 Å². The number of benzene rings is 1. The molecule has 6 nitrogen and oxygen atoms in total. The maximum absolute atomic E-state index is 13.0. The Bertz CT molecular complexity index is 1110. The van der Waals surface area contributed by atoms with Gasteiger partial charge in [-0.15, -0.1) is 11.8 Å². The first kappa shape index (κ1) is 20.9. The minimum atomic E-state index is -2.96. The van der Waals surface area contributed by atoms with E-state index in [1.54, 1.807) is 47.8 Å². The summed E-state index contributed by atoms with van der Waals surface area (Å²) in [5.41, 5.74) is 1.74. The van der Waals surface area contributed by atoms with Gasteiger partial charge < -0.3 is 9.64 Å². The van der Waals surface area contributed by atoms with Gasteiger partial charge in [0.1, 0.15) is 10.8 Å². The number of carbonyl (C=O) groups is 1. The molecule has 4 rings (SSSR count). The molecule has 0 N–H and O–H groups in total. The highest BCUT2D eigenvalue weighted by molar-refractivity contribution is 8.00. The van der Waals surface area contributed by atoms with Crippen molar-refractivity contribution in [3.63, 3.8) is 0 Å². The van der Waals surface area contributed by atoms with Crippen LogP contribution in [0.15, 0.2) is 35.4 Å². The zero-order chi connectivity index (χ0) is 21.4. The minimum Gasteiger partial charge on any atom is -0.433 e. The highest BCUT2D eigenvalue weighted by Crippen LogP contribution is 2.36. The van der Waals surface area contributed by atoms with E-state index in [-0.39, 0.29) is 22.1 Å². The monoisotopic (exact) mass is 452 g/mol. The van der Waals surface area contributed by atoms with Crippen molar-refractivity contribution in [2.45, 2.75) is 37.0 Å². The lowest BCUT2D eigenvalue weighted by Gasteiger charge is -2.16. The largest absolute Gasteiger partial charge is 0.433 e. The molecule has 3 heterocycles. The van der Waals surface area contributed by atoms with Crippen molar-refractivity contribution in [1.82, 2.24) is 19.7 Å². The number of aromatic nitrogens is 3. The molecule has 1 saturated heterocycles. The average Bonchev–Trinajstić information content (AvgIpc) is 3.27. The molecular formula is C20H19ClF2N4O2S. The number of ether oxygens (including phenoxy) is 1. The van der Waals surface area contributed by atoms with Crippen molar-refractivity contribution in [2.75, 3.05) is 13.1 Å². The maximum atomic E-state index is 13.0. The summed E-state index contributed by atoms with van der Waals surface area (Å²) in [4.78, 5) is 18.4. The van der Waals surface area contributed by atoms with E-state index in [4.69, 9.17) is 16.3 Å². The van der Waals surface area contributed by atoms with Gasteiger partial charge >= 0.3 is 6.61 Å². The first-order chi connectivity index (χ1) is 14.3. The molecule has 1 aromatic carbocycles. The van der Waals surface area contributed by atoms with Gasteiger partial charge in [-0.3, -0.25) is 4.79 Å². The number of hydrogen-bond acceptors (Lipinski definition) is 5. The second-order valence-electron chi connectivity index (χ2n) is 7.02. The van der Waals surface area contributed by atoms with Crippen molar-refractivity contribution in [3.8, 4) is 11.4 Å². The Morgan fingerprint density at radius 3 is 2.87 bits per heavy atom. The number of thioether (sulfide) groups is 1. The molecule has 10 heteroatoms. The van der Waals surface area contributed by atoms with Crippen molar-refractivity contribution in [1.29, 1.82) is 0 Å². The van der Waals surface area contributed by atoms with Crippen LogP contribution in [0.2, 0.25) is 5.15 Å². The zero-order valence-electron chi connectivity index (χ0n) is 16.3. The molecule has 1 amide bonds. The van der Waals surface area contributed by atoms with Gasteiger partial charge in [-0.05, 0) is 31.5 Å². The summed E-state index contributed by atoms with van der Waals surface area (Å²) in [7, 11) is 0. The van der Waals surface area contributed by atoms with Crippen molar-refractivity contribution >= 4 is 40.2 Å². The normalized spacial score (nSPS) is 16.6. The summed E-state index contributed by atoms with van der Waals surface area (Å²) in [5.74, 6) is 0.0758. The third-order valence-electron chi connectivity index (χ3n) is 4.98. The Hall–Kier alpha value is -2.39. The van der Waals surface area contributed by atoms with Crippen LogP contribution in [0.5, 0.6) is 5.75 Å². The van der Waals surface area contributed by atoms with Crippen molar-refractivity contribution in [2.24, 2.45) is 0 Å². The Kier molecular flexibility index (Phi) is 5.84. The molecule has 0 radical (unpaired) electrons. The summed E-state index contributed by atoms with van der Waals surface area (Å²) >= 11 is 7.66. The van der Waals surface area contributed by atoms with Crippen LogP contribution in [-0.4, -0.2) is 50.5 Å². The molecule has 0 saturated carbocycles. The van der Waals surface area contributed by atoms with E-state index in [1.165, 1.54) is 6.07 Å². The predicted molar refractivity (Wildman–Crippen MR) is 112 cm³/mol. The topological polar surface area (TPSA) is 60.2 Å². The lowest BCUT2D eigenvalue weighted by Crippen LogP contribution is -2.26. The smallest absolute Gasteiger partial charge is 0.387 e. The summed E-state index contributed by atoms with van der Waals surface area (Å²) in [6.45, 7) is 1.80. The first-order valence-corrected chi connectivity index (χ1v) is 10.6. The van der Waals surface area contributed by atoms with Gasteiger partial charge in [0.2, 0.25) is 5.91 Å². The third-order valence-corrected chi connectivity index (χ3v) is 6.44. The van der Waals surface area contributed by atoms with Crippen LogP contribution in [0, 0.1) is 6.92 Å². The van der Waals surface area contributed by atoms with Crippen LogP contribution in [0.1, 0.15) is 19.0 Å². The van der Waals surface area contributed by atoms with E-state index in [1.807, 2.05) is 11.8 Å². The van der Waals surface area contributed by atoms with Crippen LogP contribution in [0.4, 0.5) is 8.78 Å². The lowest BCUT2D eigenvalue weighted by molar-refractivity contribution is -0.127. The number of pyridine rings is 1. The number of carbonyl (C=O) groups excluding carboxylic acids is 1. The van der Waals surface area contributed by atoms with Crippen LogP contribution < -0.4 is 4.74 Å². The number of likely N-dealkylation sites (tertiary alicyclic amines) is 1. The van der Waals surface area contributed by atoms with Crippen molar-refractivity contribution < 1.29 is 18.3 Å². The van der Waals surface area contributed by atoms with Gasteiger partial charge in [-0.1, -0.05) is 11.6 Å². The Morgan fingerprint density at radius 2 is 2.17 bits per heavy atom. The zero-order valence-corrected chi connectivity index (χ0v) is 17.9. The average molecular weight is 453 g/mol. The van der Waals surface area contributed by atoms with Gasteiger partial charge in [-0.25, -0.2) is 9.67 Å². The summed E-state index contributed by atoms with van der Waals surface area (Å²) in [5, 5.41) is 5.79. The number of aryl methyl sites for hydroxylation is 1. The maximum Gasteiger partial charge on any atom is 0.387 e. The number of nitrogens with zero attached hydrogens (tertiary/aromatic N) is 4. The molecule has 1 aliphatic heterocycles. The van der Waals surface area contributed by atoms with E-state index >= 15 is 0 Å². The minimum absolute atomic E-state index is 0.0171. The second-order valence-corrected chi connectivity index (χ2v) is 8.78. The first-order valence-electron chi connectivity index (χ1n) is 9.34. The molecule has 1 unspecified atom stereocenters. The fourth-order valence-electron chi connectivity index (χ4n) is 3.55. The van der Waals surface area contributed by atoms with E-state index in [9.17, 15) is 13.6 Å². The van der Waals surface area contributed by atoms with E-state index in [2.05, 4.69) is 10.1 Å². The SMILES string of the molecule is CC(=O)N1CCC(Sc2ccc(OC(F)F)c(-n3nc(C)c4cnc(Cl)cc43)c2)C1. The molecule has 0 spiro atoms. The summed E-state index contributed by atoms with van der Waals surface area (Å²) < 4.78 is 32.4. The molecule has 1 atom stereocenters. The Balaban J connectivity index is 1.73. The molecule has 1 fully saturated rings. The third kappa shape index (κ3) is 4.22. The molecule has 158 valence electrons.